The van der Waals surface area contributed by atoms with Crippen molar-refractivity contribution < 1.29 is 0 Å². The van der Waals surface area contributed by atoms with Gasteiger partial charge >= 0.3 is 0 Å². The molecule has 0 unspecified atom stereocenters. The second-order valence-electron chi connectivity index (χ2n) is 6.69. The van der Waals surface area contributed by atoms with Crippen molar-refractivity contribution >= 4 is 11.0 Å². The fourth-order valence-electron chi connectivity index (χ4n) is 3.66. The zero-order chi connectivity index (χ0) is 14.8. The Labute approximate surface area is 128 Å². The van der Waals surface area contributed by atoms with E-state index in [0.717, 1.165) is 18.1 Å². The van der Waals surface area contributed by atoms with Crippen molar-refractivity contribution in [1.29, 1.82) is 0 Å². The highest BCUT2D eigenvalue weighted by atomic mass is 15.2. The molecule has 0 radical (unpaired) electrons. The van der Waals surface area contributed by atoms with Crippen molar-refractivity contribution in [2.75, 3.05) is 7.05 Å². The number of benzene rings is 1. The van der Waals surface area contributed by atoms with Crippen LogP contribution in [0.25, 0.3) is 11.0 Å². The largest absolute Gasteiger partial charge is 0.324 e. The molecule has 0 saturated heterocycles. The van der Waals surface area contributed by atoms with Crippen molar-refractivity contribution in [2.24, 2.45) is 0 Å². The molecule has 0 N–H and O–H groups in total. The van der Waals surface area contributed by atoms with Gasteiger partial charge in [0, 0.05) is 12.1 Å². The van der Waals surface area contributed by atoms with Gasteiger partial charge in [-0.05, 0) is 45.9 Å². The summed E-state index contributed by atoms with van der Waals surface area (Å²) < 4.78 is 2.40. The van der Waals surface area contributed by atoms with Crippen LogP contribution in [0.5, 0.6) is 0 Å². The lowest BCUT2D eigenvalue weighted by Gasteiger charge is -2.31. The zero-order valence-corrected chi connectivity index (χ0v) is 13.5. The summed E-state index contributed by atoms with van der Waals surface area (Å²) in [5.41, 5.74) is 2.39. The van der Waals surface area contributed by atoms with E-state index in [4.69, 9.17) is 4.98 Å². The molecule has 114 valence electrons. The first-order valence-electron chi connectivity index (χ1n) is 8.33. The second-order valence-corrected chi connectivity index (χ2v) is 6.69. The van der Waals surface area contributed by atoms with Gasteiger partial charge in [0.15, 0.2) is 0 Å². The maximum absolute atomic E-state index is 4.89. The number of aromatic nitrogens is 2. The smallest absolute Gasteiger partial charge is 0.124 e. The van der Waals surface area contributed by atoms with Crippen LogP contribution in [-0.4, -0.2) is 27.5 Å². The van der Waals surface area contributed by atoms with Crippen LogP contribution in [0.3, 0.4) is 0 Å². The van der Waals surface area contributed by atoms with Crippen LogP contribution in [0.1, 0.15) is 57.8 Å². The van der Waals surface area contributed by atoms with Gasteiger partial charge in [-0.2, -0.15) is 0 Å². The van der Waals surface area contributed by atoms with E-state index in [1.54, 1.807) is 0 Å². The van der Waals surface area contributed by atoms with E-state index in [2.05, 4.69) is 54.6 Å². The Kier molecular flexibility index (Phi) is 4.29. The Hall–Kier alpha value is -1.35. The molecule has 3 rings (SSSR count). The molecule has 1 aliphatic rings. The molecule has 2 aromatic rings. The number of para-hydroxylation sites is 2. The van der Waals surface area contributed by atoms with E-state index in [1.165, 1.54) is 43.4 Å². The van der Waals surface area contributed by atoms with Crippen molar-refractivity contribution in [3.8, 4) is 0 Å². The third-order valence-electron chi connectivity index (χ3n) is 4.77. The molecular weight excluding hydrogens is 258 g/mol. The standard InChI is InChI=1S/C18H27N3/c1-14(2)21-17-12-8-7-11-16(17)19-18(21)13-20(3)15-9-5-4-6-10-15/h7-8,11-12,14-15H,4-6,9-10,13H2,1-3H3. The van der Waals surface area contributed by atoms with Gasteiger partial charge in [-0.25, -0.2) is 4.98 Å². The van der Waals surface area contributed by atoms with Crippen LogP contribution in [-0.2, 0) is 6.54 Å². The summed E-state index contributed by atoms with van der Waals surface area (Å²) in [6.07, 6.45) is 6.87. The van der Waals surface area contributed by atoms with Gasteiger partial charge in [-0.15, -0.1) is 0 Å². The highest BCUT2D eigenvalue weighted by Gasteiger charge is 2.21. The molecule has 0 amide bonds. The van der Waals surface area contributed by atoms with Crippen molar-refractivity contribution in [1.82, 2.24) is 14.5 Å². The molecule has 3 nitrogen and oxygen atoms in total. The van der Waals surface area contributed by atoms with Crippen molar-refractivity contribution in [3.05, 3.63) is 30.1 Å². The number of imidazole rings is 1. The topological polar surface area (TPSA) is 21.1 Å². The lowest BCUT2D eigenvalue weighted by atomic mass is 9.94. The average molecular weight is 285 g/mol. The summed E-state index contributed by atoms with van der Waals surface area (Å²) in [6.45, 7) is 5.45. The van der Waals surface area contributed by atoms with Gasteiger partial charge in [0.1, 0.15) is 5.82 Å². The van der Waals surface area contributed by atoms with Crippen LogP contribution in [0.4, 0.5) is 0 Å². The molecule has 3 heteroatoms. The van der Waals surface area contributed by atoms with Gasteiger partial charge < -0.3 is 4.57 Å². The van der Waals surface area contributed by atoms with E-state index < -0.39 is 0 Å². The maximum atomic E-state index is 4.89. The number of nitrogens with zero attached hydrogens (tertiary/aromatic N) is 3. The number of hydrogen-bond acceptors (Lipinski definition) is 2. The third-order valence-corrected chi connectivity index (χ3v) is 4.77. The molecule has 0 bridgehead atoms. The molecule has 0 spiro atoms. The lowest BCUT2D eigenvalue weighted by Crippen LogP contribution is -2.33. The first-order valence-corrected chi connectivity index (χ1v) is 8.33. The predicted octanol–water partition coefficient (Wildman–Crippen LogP) is 4.38. The number of fused-ring (bicyclic) bond motifs is 1. The quantitative estimate of drug-likeness (QED) is 0.831. The van der Waals surface area contributed by atoms with E-state index in [9.17, 15) is 0 Å². The molecule has 1 heterocycles. The highest BCUT2D eigenvalue weighted by molar-refractivity contribution is 5.76. The predicted molar refractivity (Wildman–Crippen MR) is 88.5 cm³/mol. The van der Waals surface area contributed by atoms with Crippen LogP contribution in [0.2, 0.25) is 0 Å². The molecule has 1 aromatic carbocycles. The van der Waals surface area contributed by atoms with Crippen molar-refractivity contribution in [3.63, 3.8) is 0 Å². The second kappa shape index (κ2) is 6.18. The Morgan fingerprint density at radius 1 is 1.19 bits per heavy atom. The van der Waals surface area contributed by atoms with E-state index in [1.807, 2.05) is 0 Å². The monoisotopic (exact) mass is 285 g/mol. The normalized spacial score (nSPS) is 17.2. The van der Waals surface area contributed by atoms with Gasteiger partial charge in [0.2, 0.25) is 0 Å². The van der Waals surface area contributed by atoms with E-state index in [0.29, 0.717) is 6.04 Å². The minimum atomic E-state index is 0.451. The summed E-state index contributed by atoms with van der Waals surface area (Å²) in [5.74, 6) is 1.21. The molecule has 0 atom stereocenters. The van der Waals surface area contributed by atoms with Crippen LogP contribution in [0, 0.1) is 0 Å². The van der Waals surface area contributed by atoms with Gasteiger partial charge in [-0.1, -0.05) is 31.4 Å². The molecule has 0 aliphatic heterocycles. The molecular formula is C18H27N3. The van der Waals surface area contributed by atoms with Gasteiger partial charge in [0.25, 0.3) is 0 Å². The van der Waals surface area contributed by atoms with Gasteiger partial charge in [0.05, 0.1) is 17.6 Å². The van der Waals surface area contributed by atoms with E-state index >= 15 is 0 Å². The number of hydrogen-bond donors (Lipinski definition) is 0. The Morgan fingerprint density at radius 2 is 1.90 bits per heavy atom. The summed E-state index contributed by atoms with van der Waals surface area (Å²) >= 11 is 0. The number of rotatable bonds is 4. The first kappa shape index (κ1) is 14.6. The Balaban J connectivity index is 1.87. The lowest BCUT2D eigenvalue weighted by molar-refractivity contribution is 0.178. The minimum absolute atomic E-state index is 0.451. The van der Waals surface area contributed by atoms with E-state index in [-0.39, 0.29) is 0 Å². The summed E-state index contributed by atoms with van der Waals surface area (Å²) in [7, 11) is 2.26. The maximum Gasteiger partial charge on any atom is 0.124 e. The third kappa shape index (κ3) is 2.98. The average Bonchev–Trinajstić information content (AvgIpc) is 2.86. The van der Waals surface area contributed by atoms with Crippen LogP contribution in [0.15, 0.2) is 24.3 Å². The summed E-state index contributed by atoms with van der Waals surface area (Å²) in [6, 6.07) is 9.68. The fourth-order valence-corrected chi connectivity index (χ4v) is 3.66. The summed E-state index contributed by atoms with van der Waals surface area (Å²) in [4.78, 5) is 7.40. The SMILES string of the molecule is CC(C)n1c(CN(C)C2CCCCC2)nc2ccccc21. The summed E-state index contributed by atoms with van der Waals surface area (Å²) in [5, 5.41) is 0. The van der Waals surface area contributed by atoms with Crippen molar-refractivity contribution in [2.45, 2.75) is 64.6 Å². The fraction of sp³-hybridized carbons (Fsp3) is 0.611. The zero-order valence-electron chi connectivity index (χ0n) is 13.5. The molecule has 1 fully saturated rings. The molecule has 21 heavy (non-hydrogen) atoms. The molecule has 1 aromatic heterocycles. The van der Waals surface area contributed by atoms with Crippen LogP contribution >= 0.6 is 0 Å². The first-order chi connectivity index (χ1) is 10.2. The van der Waals surface area contributed by atoms with Gasteiger partial charge in [-0.3, -0.25) is 4.90 Å². The van der Waals surface area contributed by atoms with Crippen LogP contribution < -0.4 is 0 Å². The molecule has 1 saturated carbocycles. The highest BCUT2D eigenvalue weighted by Crippen LogP contribution is 2.25. The Bertz CT molecular complexity index is 594. The minimum Gasteiger partial charge on any atom is -0.324 e. The Morgan fingerprint density at radius 3 is 2.62 bits per heavy atom. The molecule has 1 aliphatic carbocycles.